The maximum Gasteiger partial charge on any atom is 0.0950 e. The normalized spacial score (nSPS) is 12.9. The summed E-state index contributed by atoms with van der Waals surface area (Å²) in [5, 5.41) is 0. The zero-order valence-electron chi connectivity index (χ0n) is 8.81. The van der Waals surface area contributed by atoms with Crippen LogP contribution in [0.3, 0.4) is 0 Å². The minimum atomic E-state index is 0.900. The fourth-order valence-corrected chi connectivity index (χ4v) is 1.69. The van der Waals surface area contributed by atoms with Crippen LogP contribution in [-0.2, 0) is 6.42 Å². The van der Waals surface area contributed by atoms with Crippen molar-refractivity contribution in [3.63, 3.8) is 0 Å². The number of benzene rings is 1. The van der Waals surface area contributed by atoms with E-state index in [1.165, 1.54) is 16.7 Å². The molecule has 1 heteroatoms. The van der Waals surface area contributed by atoms with E-state index in [1.54, 1.807) is 0 Å². The Hall–Kier alpha value is -1.55. The standard InChI is InChI=1S/C13H13N/c1-4-5-12-8-11-6-9(2)10(3)7-13(11)14-12/h6-7H,8H2,1-3H3. The van der Waals surface area contributed by atoms with E-state index in [0.717, 1.165) is 17.8 Å². The lowest BCUT2D eigenvalue weighted by Gasteiger charge is -2.02. The van der Waals surface area contributed by atoms with Crippen molar-refractivity contribution in [1.29, 1.82) is 0 Å². The number of rotatable bonds is 0. The van der Waals surface area contributed by atoms with Gasteiger partial charge in [0.2, 0.25) is 0 Å². The Labute approximate surface area is 84.9 Å². The largest absolute Gasteiger partial charge is 0.244 e. The van der Waals surface area contributed by atoms with Gasteiger partial charge in [-0.25, -0.2) is 4.99 Å². The van der Waals surface area contributed by atoms with E-state index in [2.05, 4.69) is 42.8 Å². The first kappa shape index (κ1) is 9.02. The highest BCUT2D eigenvalue weighted by Gasteiger charge is 2.13. The van der Waals surface area contributed by atoms with Crippen LogP contribution in [0.15, 0.2) is 17.1 Å². The third-order valence-electron chi connectivity index (χ3n) is 2.58. The summed E-state index contributed by atoms with van der Waals surface area (Å²) in [5.41, 5.74) is 6.05. The number of fused-ring (bicyclic) bond motifs is 1. The molecule has 0 spiro atoms. The van der Waals surface area contributed by atoms with E-state index in [-0.39, 0.29) is 0 Å². The van der Waals surface area contributed by atoms with Gasteiger partial charge in [-0.1, -0.05) is 12.0 Å². The molecule has 1 aliphatic heterocycles. The maximum atomic E-state index is 4.49. The lowest BCUT2D eigenvalue weighted by atomic mass is 10.0. The first-order valence-electron chi connectivity index (χ1n) is 4.81. The Morgan fingerprint density at radius 1 is 1.21 bits per heavy atom. The molecule has 0 radical (unpaired) electrons. The highest BCUT2D eigenvalue weighted by molar-refractivity contribution is 6.06. The highest BCUT2D eigenvalue weighted by atomic mass is 14.8. The topological polar surface area (TPSA) is 12.4 Å². The van der Waals surface area contributed by atoms with Crippen LogP contribution in [-0.4, -0.2) is 5.71 Å². The lowest BCUT2D eigenvalue weighted by molar-refractivity contribution is 1.28. The van der Waals surface area contributed by atoms with Gasteiger partial charge in [0.05, 0.1) is 11.4 Å². The Morgan fingerprint density at radius 3 is 2.64 bits per heavy atom. The molecule has 0 aliphatic carbocycles. The summed E-state index contributed by atoms with van der Waals surface area (Å²) in [6.07, 6.45) is 0.900. The van der Waals surface area contributed by atoms with Crippen molar-refractivity contribution < 1.29 is 0 Å². The van der Waals surface area contributed by atoms with E-state index in [4.69, 9.17) is 0 Å². The van der Waals surface area contributed by atoms with Gasteiger partial charge in [-0.15, -0.1) is 5.92 Å². The van der Waals surface area contributed by atoms with Crippen molar-refractivity contribution in [3.05, 3.63) is 28.8 Å². The number of aliphatic imine (C=N–C) groups is 1. The molecule has 1 aromatic rings. The SMILES string of the molecule is CC#CC1=Nc2cc(C)c(C)cc2C1. The van der Waals surface area contributed by atoms with Gasteiger partial charge in [0, 0.05) is 6.42 Å². The van der Waals surface area contributed by atoms with E-state index in [9.17, 15) is 0 Å². The van der Waals surface area contributed by atoms with Crippen LogP contribution in [0.5, 0.6) is 0 Å². The molecule has 0 N–H and O–H groups in total. The minimum Gasteiger partial charge on any atom is -0.244 e. The second kappa shape index (κ2) is 3.31. The zero-order chi connectivity index (χ0) is 10.1. The van der Waals surface area contributed by atoms with Gasteiger partial charge in [0.15, 0.2) is 0 Å². The van der Waals surface area contributed by atoms with Gasteiger partial charge in [-0.3, -0.25) is 0 Å². The van der Waals surface area contributed by atoms with Crippen LogP contribution in [0.4, 0.5) is 5.69 Å². The number of hydrogen-bond donors (Lipinski definition) is 0. The Bertz CT molecular complexity index is 470. The van der Waals surface area contributed by atoms with E-state index < -0.39 is 0 Å². The lowest BCUT2D eigenvalue weighted by Crippen LogP contribution is -1.93. The molecular weight excluding hydrogens is 170 g/mol. The molecule has 1 heterocycles. The first-order chi connectivity index (χ1) is 6.70. The van der Waals surface area contributed by atoms with Crippen molar-refractivity contribution >= 4 is 11.4 Å². The molecule has 0 bridgehead atoms. The molecule has 0 atom stereocenters. The van der Waals surface area contributed by atoms with Gasteiger partial charge in [0.1, 0.15) is 0 Å². The molecule has 70 valence electrons. The van der Waals surface area contributed by atoms with Crippen LogP contribution < -0.4 is 0 Å². The van der Waals surface area contributed by atoms with Crippen molar-refractivity contribution in [2.45, 2.75) is 27.2 Å². The predicted molar refractivity (Wildman–Crippen MR) is 60.2 cm³/mol. The van der Waals surface area contributed by atoms with E-state index in [1.807, 2.05) is 6.92 Å². The summed E-state index contributed by atoms with van der Waals surface area (Å²) < 4.78 is 0. The Balaban J connectivity index is 2.45. The molecular formula is C13H13N. The molecule has 0 saturated heterocycles. The van der Waals surface area contributed by atoms with Crippen LogP contribution >= 0.6 is 0 Å². The Kier molecular flexibility index (Phi) is 2.13. The minimum absolute atomic E-state index is 0.900. The van der Waals surface area contributed by atoms with E-state index in [0.29, 0.717) is 0 Å². The molecule has 1 nitrogen and oxygen atoms in total. The predicted octanol–water partition coefficient (Wildman–Crippen LogP) is 2.96. The van der Waals surface area contributed by atoms with Crippen molar-refractivity contribution in [3.8, 4) is 11.8 Å². The molecule has 1 aromatic carbocycles. The first-order valence-corrected chi connectivity index (χ1v) is 4.81. The smallest absolute Gasteiger partial charge is 0.0950 e. The zero-order valence-corrected chi connectivity index (χ0v) is 8.81. The van der Waals surface area contributed by atoms with Crippen molar-refractivity contribution in [2.24, 2.45) is 4.99 Å². The van der Waals surface area contributed by atoms with Gasteiger partial charge >= 0.3 is 0 Å². The number of hydrogen-bond acceptors (Lipinski definition) is 1. The third kappa shape index (κ3) is 1.44. The highest BCUT2D eigenvalue weighted by Crippen LogP contribution is 2.29. The fraction of sp³-hybridized carbons (Fsp3) is 0.308. The quantitative estimate of drug-likeness (QED) is 0.548. The van der Waals surface area contributed by atoms with Gasteiger partial charge in [-0.2, -0.15) is 0 Å². The average Bonchev–Trinajstić information content (AvgIpc) is 2.48. The number of aryl methyl sites for hydroxylation is 2. The second-order valence-electron chi connectivity index (χ2n) is 3.68. The molecule has 0 aromatic heterocycles. The van der Waals surface area contributed by atoms with Crippen LogP contribution in [0.2, 0.25) is 0 Å². The van der Waals surface area contributed by atoms with Gasteiger partial charge in [-0.05, 0) is 43.5 Å². The molecule has 2 rings (SSSR count). The summed E-state index contributed by atoms with van der Waals surface area (Å²) in [6, 6.07) is 4.37. The molecule has 0 unspecified atom stereocenters. The summed E-state index contributed by atoms with van der Waals surface area (Å²) >= 11 is 0. The number of nitrogens with zero attached hydrogens (tertiary/aromatic N) is 1. The molecule has 14 heavy (non-hydrogen) atoms. The summed E-state index contributed by atoms with van der Waals surface area (Å²) in [5.74, 6) is 5.92. The fourth-order valence-electron chi connectivity index (χ4n) is 1.69. The average molecular weight is 183 g/mol. The van der Waals surface area contributed by atoms with Crippen LogP contribution in [0.1, 0.15) is 23.6 Å². The summed E-state index contributed by atoms with van der Waals surface area (Å²) in [6.45, 7) is 6.11. The maximum absolute atomic E-state index is 4.49. The van der Waals surface area contributed by atoms with E-state index >= 15 is 0 Å². The van der Waals surface area contributed by atoms with Crippen molar-refractivity contribution in [1.82, 2.24) is 0 Å². The molecule has 1 aliphatic rings. The molecule has 0 amide bonds. The summed E-state index contributed by atoms with van der Waals surface area (Å²) in [4.78, 5) is 4.49. The third-order valence-corrected chi connectivity index (χ3v) is 2.58. The summed E-state index contributed by atoms with van der Waals surface area (Å²) in [7, 11) is 0. The van der Waals surface area contributed by atoms with Crippen LogP contribution in [0.25, 0.3) is 0 Å². The molecule has 0 fully saturated rings. The Morgan fingerprint density at radius 2 is 1.93 bits per heavy atom. The second-order valence-corrected chi connectivity index (χ2v) is 3.68. The van der Waals surface area contributed by atoms with Crippen molar-refractivity contribution in [2.75, 3.05) is 0 Å². The van der Waals surface area contributed by atoms with Gasteiger partial charge < -0.3 is 0 Å². The van der Waals surface area contributed by atoms with Gasteiger partial charge in [0.25, 0.3) is 0 Å². The molecule has 0 saturated carbocycles. The van der Waals surface area contributed by atoms with Crippen LogP contribution in [0, 0.1) is 25.7 Å². The monoisotopic (exact) mass is 183 g/mol.